The summed E-state index contributed by atoms with van der Waals surface area (Å²) >= 11 is 0. The highest BCUT2D eigenvalue weighted by Gasteiger charge is 2.44. The van der Waals surface area contributed by atoms with Crippen LogP contribution in [0.25, 0.3) is 0 Å². The molecule has 0 radical (unpaired) electrons. The first-order valence-corrected chi connectivity index (χ1v) is 24.2. The fraction of sp³-hybridized carbons (Fsp3) is 0.778. The Hall–Kier alpha value is -3.91. The second kappa shape index (κ2) is 24.6. The van der Waals surface area contributed by atoms with Crippen LogP contribution >= 0.6 is 0 Å². The minimum absolute atomic E-state index is 0.00460. The van der Waals surface area contributed by atoms with Gasteiger partial charge in [0.1, 0.15) is 18.7 Å². The molecule has 3 aliphatic rings. The van der Waals surface area contributed by atoms with Crippen molar-refractivity contribution in [2.45, 2.75) is 154 Å². The van der Waals surface area contributed by atoms with Gasteiger partial charge in [0.2, 0.25) is 33.7 Å². The van der Waals surface area contributed by atoms with Gasteiger partial charge in [0, 0.05) is 34.2 Å². The van der Waals surface area contributed by atoms with Crippen LogP contribution in [0.15, 0.2) is 23.8 Å². The Kier molecular flexibility index (Phi) is 20.9. The number of amides is 5. The molecule has 64 heavy (non-hydrogen) atoms. The molecule has 19 heteroatoms. The second-order valence-corrected chi connectivity index (χ2v) is 20.5. The summed E-state index contributed by atoms with van der Waals surface area (Å²) in [5.74, 6) is -4.58. The number of carbonyl (C=O) groups is 6. The number of likely N-dealkylation sites (tertiary alicyclic amines) is 1. The number of hydrogen-bond acceptors (Lipinski definition) is 12. The van der Waals surface area contributed by atoms with Crippen LogP contribution in [0.4, 0.5) is 0 Å². The number of nitrogens with zero attached hydrogens (tertiary/aromatic N) is 3. The van der Waals surface area contributed by atoms with E-state index in [0.717, 1.165) is 0 Å². The number of hydrogen-bond donors (Lipinski definition) is 4. The maximum atomic E-state index is 14.4. The molecule has 10 atom stereocenters. The second-order valence-electron chi connectivity index (χ2n) is 18.6. The first-order valence-electron chi connectivity index (χ1n) is 22.6. The Bertz CT molecular complexity index is 1790. The molecule has 0 spiro atoms. The molecule has 1 heterocycles. The third-order valence-corrected chi connectivity index (χ3v) is 14.6. The maximum Gasteiger partial charge on any atom is 0.329 e. The molecule has 2 aliphatic carbocycles. The van der Waals surface area contributed by atoms with Crippen LogP contribution in [0.2, 0.25) is 0 Å². The van der Waals surface area contributed by atoms with E-state index in [2.05, 4.69) is 15.4 Å². The molecule has 364 valence electrons. The van der Waals surface area contributed by atoms with Gasteiger partial charge in [-0.15, -0.1) is 0 Å². The zero-order chi connectivity index (χ0) is 48.2. The smallest absolute Gasteiger partial charge is 0.329 e. The van der Waals surface area contributed by atoms with Crippen molar-refractivity contribution in [2.75, 3.05) is 48.5 Å². The number of sulfonamides is 1. The summed E-state index contributed by atoms with van der Waals surface area (Å²) in [5.41, 5.74) is 0.618. The van der Waals surface area contributed by atoms with Gasteiger partial charge in [-0.2, -0.15) is 0 Å². The summed E-state index contributed by atoms with van der Waals surface area (Å²) in [6, 6.07) is -3.62. The van der Waals surface area contributed by atoms with E-state index in [1.807, 2.05) is 60.5 Å². The lowest BCUT2D eigenvalue weighted by Gasteiger charge is -2.41. The third kappa shape index (κ3) is 14.8. The van der Waals surface area contributed by atoms with Crippen molar-refractivity contribution in [3.63, 3.8) is 0 Å². The standard InChI is InChI=1S/C45H76N6O12S/c1-13-28(6)40(50(10)45(58)38(26(2)3)47-44(57)39(27(4)5)49(8)9)35(61-11)24-36(52)51-22-14-15-34(51)41(62-12)29(7)42(55)46-33(43(56)48-64(59,60)32-20-21-32)23-30-16-18-31(19-17-30)63-25-37(53)54/h16-18,26-29,31-35,38-41H,13-15,19-25H2,1-12H3,(H,46,55)(H,47,57)(H,48,56)(H,53,54). The van der Waals surface area contributed by atoms with E-state index >= 15 is 0 Å². The van der Waals surface area contributed by atoms with E-state index in [-0.39, 0.29) is 48.3 Å². The van der Waals surface area contributed by atoms with Crippen molar-refractivity contribution in [3.05, 3.63) is 23.8 Å². The Balaban J connectivity index is 1.81. The molecule has 2 fully saturated rings. The number of carboxylic acids is 1. The van der Waals surface area contributed by atoms with Crippen LogP contribution < -0.4 is 15.4 Å². The zero-order valence-electron chi connectivity index (χ0n) is 40.0. The summed E-state index contributed by atoms with van der Waals surface area (Å²) in [4.78, 5) is 85.9. The molecule has 0 aromatic rings. The highest BCUT2D eigenvalue weighted by atomic mass is 32.2. The van der Waals surface area contributed by atoms with Crippen LogP contribution in [0.1, 0.15) is 99.8 Å². The minimum atomic E-state index is -3.94. The van der Waals surface area contributed by atoms with Crippen LogP contribution in [0.3, 0.4) is 0 Å². The third-order valence-electron chi connectivity index (χ3n) is 12.8. The number of carbonyl (C=O) groups excluding carboxylic acids is 5. The molecule has 3 rings (SSSR count). The monoisotopic (exact) mass is 925 g/mol. The predicted molar refractivity (Wildman–Crippen MR) is 241 cm³/mol. The van der Waals surface area contributed by atoms with Gasteiger partial charge in [-0.1, -0.05) is 73.1 Å². The molecule has 1 aliphatic heterocycles. The topological polar surface area (TPSA) is 230 Å². The van der Waals surface area contributed by atoms with Crippen LogP contribution in [-0.4, -0.2) is 166 Å². The molecule has 10 unspecified atom stereocenters. The number of allylic oxidation sites excluding steroid dienone is 1. The summed E-state index contributed by atoms with van der Waals surface area (Å²) in [5, 5.41) is 14.1. The van der Waals surface area contributed by atoms with Gasteiger partial charge in [-0.3, -0.25) is 33.6 Å². The van der Waals surface area contributed by atoms with Crippen molar-refractivity contribution in [2.24, 2.45) is 23.7 Å². The number of carboxylic acid groups (broad SMARTS) is 1. The van der Waals surface area contributed by atoms with E-state index in [9.17, 15) is 37.2 Å². The lowest BCUT2D eigenvalue weighted by molar-refractivity contribution is -0.148. The van der Waals surface area contributed by atoms with Crippen molar-refractivity contribution in [1.82, 2.24) is 30.1 Å². The van der Waals surface area contributed by atoms with Gasteiger partial charge in [0.05, 0.1) is 54.0 Å². The van der Waals surface area contributed by atoms with Crippen molar-refractivity contribution in [1.29, 1.82) is 0 Å². The van der Waals surface area contributed by atoms with Gasteiger partial charge in [-0.05, 0) is 69.5 Å². The number of nitrogens with one attached hydrogen (secondary N) is 3. The van der Waals surface area contributed by atoms with Gasteiger partial charge < -0.3 is 39.8 Å². The first kappa shape index (κ1) is 54.4. The van der Waals surface area contributed by atoms with Crippen LogP contribution in [-0.2, 0) is 53.0 Å². The van der Waals surface area contributed by atoms with Crippen molar-refractivity contribution < 1.29 is 56.5 Å². The summed E-state index contributed by atoms with van der Waals surface area (Å²) in [6.45, 7) is 13.2. The number of methoxy groups -OCH3 is 2. The summed E-state index contributed by atoms with van der Waals surface area (Å²) in [7, 11) is 4.36. The Morgan fingerprint density at radius 2 is 1.56 bits per heavy atom. The number of aliphatic carboxylic acids is 1. The van der Waals surface area contributed by atoms with Crippen molar-refractivity contribution in [3.8, 4) is 0 Å². The quantitative estimate of drug-likeness (QED) is 0.0979. The normalized spacial score (nSPS) is 21.6. The number of ether oxygens (including phenoxy) is 3. The molecule has 4 N–H and O–H groups in total. The van der Waals surface area contributed by atoms with Crippen LogP contribution in [0, 0.1) is 23.7 Å². The van der Waals surface area contributed by atoms with E-state index in [1.165, 1.54) is 14.2 Å². The van der Waals surface area contributed by atoms with Gasteiger partial charge in [-0.25, -0.2) is 13.2 Å². The van der Waals surface area contributed by atoms with Gasteiger partial charge in [0.25, 0.3) is 5.91 Å². The summed E-state index contributed by atoms with van der Waals surface area (Å²) < 4.78 is 45.0. The molecule has 5 amide bonds. The fourth-order valence-corrected chi connectivity index (χ4v) is 10.3. The molecular weight excluding hydrogens is 849 g/mol. The number of likely N-dealkylation sites (N-methyl/N-ethyl adjacent to an activating group) is 2. The maximum absolute atomic E-state index is 14.4. The SMILES string of the molecule is CCC(C)C(C(CC(=O)N1CCCC1C(OC)C(C)C(=O)NC(CC1=CCC(OCC(=O)O)C=C1)C(=O)NS(=O)(=O)C1CC1)OC)N(C)C(=O)C(NC(=O)C(C(C)C)N(C)C)C(C)C. The van der Waals surface area contributed by atoms with E-state index in [4.69, 9.17) is 19.3 Å². The Labute approximate surface area is 380 Å². The van der Waals surface area contributed by atoms with E-state index < -0.39 is 94.1 Å². The molecule has 18 nitrogen and oxygen atoms in total. The fourth-order valence-electron chi connectivity index (χ4n) is 8.93. The lowest BCUT2D eigenvalue weighted by atomic mass is 9.89. The zero-order valence-corrected chi connectivity index (χ0v) is 40.8. The highest BCUT2D eigenvalue weighted by Crippen LogP contribution is 2.31. The average molecular weight is 925 g/mol. The van der Waals surface area contributed by atoms with Gasteiger partial charge >= 0.3 is 5.97 Å². The van der Waals surface area contributed by atoms with E-state index in [1.54, 1.807) is 42.0 Å². The molecule has 0 aromatic heterocycles. The van der Waals surface area contributed by atoms with Crippen LogP contribution in [0.5, 0.6) is 0 Å². The first-order chi connectivity index (χ1) is 30.0. The predicted octanol–water partition coefficient (Wildman–Crippen LogP) is 2.47. The van der Waals surface area contributed by atoms with Gasteiger partial charge in [0.15, 0.2) is 0 Å². The molecule has 0 bridgehead atoms. The van der Waals surface area contributed by atoms with Crippen molar-refractivity contribution >= 4 is 45.5 Å². The molecule has 1 saturated carbocycles. The number of rotatable bonds is 26. The summed E-state index contributed by atoms with van der Waals surface area (Å²) in [6.07, 6.45) is 5.92. The van der Waals surface area contributed by atoms with E-state index in [0.29, 0.717) is 50.6 Å². The Morgan fingerprint density at radius 3 is 2.06 bits per heavy atom. The lowest BCUT2D eigenvalue weighted by Crippen LogP contribution is -2.59. The average Bonchev–Trinajstić information content (AvgIpc) is 3.99. The molecule has 0 aromatic carbocycles. The minimum Gasteiger partial charge on any atom is -0.480 e. The highest BCUT2D eigenvalue weighted by molar-refractivity contribution is 7.90. The largest absolute Gasteiger partial charge is 0.480 e. The molecule has 1 saturated heterocycles. The Morgan fingerprint density at radius 1 is 0.906 bits per heavy atom. The molecular formula is C45H76N6O12S.